The van der Waals surface area contributed by atoms with Crippen LogP contribution < -0.4 is 0 Å². The zero-order valence-electron chi connectivity index (χ0n) is 10.1. The van der Waals surface area contributed by atoms with Crippen molar-refractivity contribution in [2.45, 2.75) is 13.3 Å². The Labute approximate surface area is 109 Å². The molecule has 96 valence electrons. The van der Waals surface area contributed by atoms with Crippen LogP contribution in [0.4, 0.5) is 0 Å². The Hall–Kier alpha value is -0.900. The number of aliphatic hydroxyl groups excluding tert-OH is 1. The van der Waals surface area contributed by atoms with Gasteiger partial charge in [-0.25, -0.2) is 0 Å². The Morgan fingerprint density at radius 2 is 1.88 bits per heavy atom. The summed E-state index contributed by atoms with van der Waals surface area (Å²) in [5.74, 6) is 0.164. The summed E-state index contributed by atoms with van der Waals surface area (Å²) in [5, 5.41) is 8.82. The first-order chi connectivity index (χ1) is 7.77. The fourth-order valence-electron chi connectivity index (χ4n) is 1.60. The van der Waals surface area contributed by atoms with E-state index in [1.165, 1.54) is 0 Å². The molecule has 1 N–H and O–H groups in total. The van der Waals surface area contributed by atoms with Gasteiger partial charge in [0.2, 0.25) is 0 Å². The third kappa shape index (κ3) is 5.82. The van der Waals surface area contributed by atoms with Gasteiger partial charge in [0.1, 0.15) is 0 Å². The van der Waals surface area contributed by atoms with E-state index in [0.717, 1.165) is 12.1 Å². The molecule has 0 aliphatic carbocycles. The molecule has 17 heavy (non-hydrogen) atoms. The number of nitrogens with zero attached hydrogens (tertiary/aromatic N) is 1. The van der Waals surface area contributed by atoms with Gasteiger partial charge in [-0.1, -0.05) is 37.3 Å². The first-order valence-corrected chi connectivity index (χ1v) is 5.69. The third-order valence-corrected chi connectivity index (χ3v) is 2.61. The summed E-state index contributed by atoms with van der Waals surface area (Å²) in [5.41, 5.74) is 0.766. The fraction of sp³-hybridized carbons (Fsp3) is 0.462. The summed E-state index contributed by atoms with van der Waals surface area (Å²) in [7, 11) is 0. The molecule has 0 saturated heterocycles. The Bertz CT molecular complexity index is 316. The molecule has 3 nitrogen and oxygen atoms in total. The van der Waals surface area contributed by atoms with E-state index in [4.69, 9.17) is 5.11 Å². The van der Waals surface area contributed by atoms with Crippen molar-refractivity contribution in [1.29, 1.82) is 0 Å². The van der Waals surface area contributed by atoms with E-state index in [-0.39, 0.29) is 24.8 Å². The van der Waals surface area contributed by atoms with Crippen LogP contribution in [0.3, 0.4) is 0 Å². The second-order valence-electron chi connectivity index (χ2n) is 3.70. The molecule has 0 atom stereocenters. The number of carbonyl (C=O) groups is 1. The molecule has 0 amide bonds. The van der Waals surface area contributed by atoms with E-state index in [1.807, 2.05) is 37.3 Å². The number of Topliss-reactive ketones (excluding diaryl/α,β-unsaturated/α-hetero) is 1. The molecule has 0 heterocycles. The summed E-state index contributed by atoms with van der Waals surface area (Å²) in [6.45, 7) is 4.39. The van der Waals surface area contributed by atoms with Gasteiger partial charge >= 0.3 is 0 Å². The predicted molar refractivity (Wildman–Crippen MR) is 71.8 cm³/mol. The van der Waals surface area contributed by atoms with E-state index >= 15 is 0 Å². The standard InChI is InChI=1S/C13H19NO2.ClH/c1-2-14(10-11-15)9-8-13(16)12-6-4-3-5-7-12;/h3-7,15H,2,8-11H2,1H3;1H. The summed E-state index contributed by atoms with van der Waals surface area (Å²) in [4.78, 5) is 13.9. The van der Waals surface area contributed by atoms with Gasteiger partial charge in [-0.2, -0.15) is 0 Å². The minimum atomic E-state index is 0. The highest BCUT2D eigenvalue weighted by Gasteiger charge is 2.07. The molecular weight excluding hydrogens is 238 g/mol. The quantitative estimate of drug-likeness (QED) is 0.760. The van der Waals surface area contributed by atoms with Crippen LogP contribution in [-0.4, -0.2) is 42.0 Å². The van der Waals surface area contributed by atoms with Crippen molar-refractivity contribution in [3.05, 3.63) is 35.9 Å². The van der Waals surface area contributed by atoms with E-state index in [0.29, 0.717) is 19.5 Å². The number of likely N-dealkylation sites (N-methyl/N-ethyl adjacent to an activating group) is 1. The van der Waals surface area contributed by atoms with Gasteiger partial charge in [-0.15, -0.1) is 12.4 Å². The lowest BCUT2D eigenvalue weighted by Crippen LogP contribution is -2.29. The van der Waals surface area contributed by atoms with E-state index in [2.05, 4.69) is 4.90 Å². The molecule has 0 aliphatic heterocycles. The van der Waals surface area contributed by atoms with Crippen LogP contribution in [-0.2, 0) is 0 Å². The average Bonchev–Trinajstić information content (AvgIpc) is 2.35. The van der Waals surface area contributed by atoms with Crippen molar-refractivity contribution in [2.75, 3.05) is 26.2 Å². The third-order valence-electron chi connectivity index (χ3n) is 2.61. The molecule has 1 aromatic carbocycles. The molecule has 0 saturated carbocycles. The number of hydrogen-bond donors (Lipinski definition) is 1. The second kappa shape index (κ2) is 9.16. The van der Waals surface area contributed by atoms with Crippen molar-refractivity contribution in [3.63, 3.8) is 0 Å². The van der Waals surface area contributed by atoms with Crippen LogP contribution in [0.25, 0.3) is 0 Å². The molecule has 0 fully saturated rings. The molecular formula is C13H20ClNO2. The van der Waals surface area contributed by atoms with Crippen LogP contribution >= 0.6 is 12.4 Å². The molecule has 1 aromatic rings. The topological polar surface area (TPSA) is 40.5 Å². The summed E-state index contributed by atoms with van der Waals surface area (Å²) in [6.07, 6.45) is 0.512. The highest BCUT2D eigenvalue weighted by Crippen LogP contribution is 2.03. The molecule has 0 radical (unpaired) electrons. The number of aliphatic hydroxyl groups is 1. The van der Waals surface area contributed by atoms with Crippen molar-refractivity contribution in [2.24, 2.45) is 0 Å². The van der Waals surface area contributed by atoms with Gasteiger partial charge in [0, 0.05) is 25.1 Å². The first kappa shape index (κ1) is 16.1. The number of hydrogen-bond acceptors (Lipinski definition) is 3. The molecule has 0 unspecified atom stereocenters. The molecule has 1 rings (SSSR count). The van der Waals surface area contributed by atoms with Crippen LogP contribution in [0, 0.1) is 0 Å². The molecule has 0 bridgehead atoms. The van der Waals surface area contributed by atoms with Gasteiger partial charge in [0.25, 0.3) is 0 Å². The SMILES string of the molecule is CCN(CCO)CCC(=O)c1ccccc1.Cl. The highest BCUT2D eigenvalue weighted by molar-refractivity contribution is 5.96. The van der Waals surface area contributed by atoms with Gasteiger partial charge in [-0.3, -0.25) is 4.79 Å². The lowest BCUT2D eigenvalue weighted by atomic mass is 10.1. The fourth-order valence-corrected chi connectivity index (χ4v) is 1.60. The van der Waals surface area contributed by atoms with E-state index < -0.39 is 0 Å². The number of carbonyl (C=O) groups excluding carboxylic acids is 1. The Kier molecular flexibility index (Phi) is 8.68. The normalized spacial score (nSPS) is 10.1. The lowest BCUT2D eigenvalue weighted by Gasteiger charge is -2.18. The maximum absolute atomic E-state index is 11.8. The number of halogens is 1. The molecule has 0 spiro atoms. The maximum Gasteiger partial charge on any atom is 0.164 e. The summed E-state index contributed by atoms with van der Waals surface area (Å²) < 4.78 is 0. The van der Waals surface area contributed by atoms with Crippen molar-refractivity contribution < 1.29 is 9.90 Å². The largest absolute Gasteiger partial charge is 0.395 e. The van der Waals surface area contributed by atoms with Crippen molar-refractivity contribution in [3.8, 4) is 0 Å². The Balaban J connectivity index is 0.00000256. The van der Waals surface area contributed by atoms with E-state index in [1.54, 1.807) is 0 Å². The zero-order chi connectivity index (χ0) is 11.8. The average molecular weight is 258 g/mol. The number of ketones is 1. The highest BCUT2D eigenvalue weighted by atomic mass is 35.5. The monoisotopic (exact) mass is 257 g/mol. The van der Waals surface area contributed by atoms with Gasteiger partial charge < -0.3 is 10.0 Å². The smallest absolute Gasteiger partial charge is 0.164 e. The zero-order valence-corrected chi connectivity index (χ0v) is 10.9. The Morgan fingerprint density at radius 3 is 2.41 bits per heavy atom. The molecule has 0 aliphatic rings. The van der Waals surface area contributed by atoms with Gasteiger partial charge in [-0.05, 0) is 6.54 Å². The van der Waals surface area contributed by atoms with Crippen LogP contribution in [0.2, 0.25) is 0 Å². The number of benzene rings is 1. The Morgan fingerprint density at radius 1 is 1.24 bits per heavy atom. The van der Waals surface area contributed by atoms with Crippen LogP contribution in [0.1, 0.15) is 23.7 Å². The van der Waals surface area contributed by atoms with Crippen LogP contribution in [0.15, 0.2) is 30.3 Å². The number of rotatable bonds is 7. The lowest BCUT2D eigenvalue weighted by molar-refractivity contribution is 0.0959. The summed E-state index contributed by atoms with van der Waals surface area (Å²) >= 11 is 0. The maximum atomic E-state index is 11.8. The van der Waals surface area contributed by atoms with Crippen LogP contribution in [0.5, 0.6) is 0 Å². The first-order valence-electron chi connectivity index (χ1n) is 5.69. The van der Waals surface area contributed by atoms with E-state index in [9.17, 15) is 4.79 Å². The van der Waals surface area contributed by atoms with Gasteiger partial charge in [0.15, 0.2) is 5.78 Å². The van der Waals surface area contributed by atoms with Crippen molar-refractivity contribution >= 4 is 18.2 Å². The minimum Gasteiger partial charge on any atom is -0.395 e. The molecule has 0 aromatic heterocycles. The minimum absolute atomic E-state index is 0. The molecule has 4 heteroatoms. The predicted octanol–water partition coefficient (Wildman–Crippen LogP) is 2.00. The second-order valence-corrected chi connectivity index (χ2v) is 3.70. The van der Waals surface area contributed by atoms with Crippen molar-refractivity contribution in [1.82, 2.24) is 4.90 Å². The van der Waals surface area contributed by atoms with Gasteiger partial charge in [0.05, 0.1) is 6.61 Å². The summed E-state index contributed by atoms with van der Waals surface area (Å²) in [6, 6.07) is 9.33.